The summed E-state index contributed by atoms with van der Waals surface area (Å²) in [6.45, 7) is 2.02. The summed E-state index contributed by atoms with van der Waals surface area (Å²) in [4.78, 5) is 11.9. The lowest BCUT2D eigenvalue weighted by Gasteiger charge is -2.09. The number of ether oxygens (including phenoxy) is 1. The van der Waals surface area contributed by atoms with E-state index in [1.165, 1.54) is 6.07 Å². The van der Waals surface area contributed by atoms with Crippen LogP contribution >= 0.6 is 0 Å². The molecule has 0 spiro atoms. The van der Waals surface area contributed by atoms with Crippen LogP contribution in [-0.4, -0.2) is 13.0 Å². The van der Waals surface area contributed by atoms with Crippen LogP contribution in [0.2, 0.25) is 0 Å². The van der Waals surface area contributed by atoms with Crippen molar-refractivity contribution in [3.05, 3.63) is 65.0 Å². The van der Waals surface area contributed by atoms with Gasteiger partial charge in [-0.05, 0) is 30.2 Å². The van der Waals surface area contributed by atoms with Crippen molar-refractivity contribution in [2.24, 2.45) is 0 Å². The van der Waals surface area contributed by atoms with Gasteiger partial charge >= 0.3 is 0 Å². The molecule has 0 aliphatic carbocycles. The van der Waals surface area contributed by atoms with E-state index in [0.29, 0.717) is 17.9 Å². The van der Waals surface area contributed by atoms with Gasteiger partial charge in [0, 0.05) is 12.1 Å². The summed E-state index contributed by atoms with van der Waals surface area (Å²) in [5, 5.41) is 2.78. The minimum atomic E-state index is -0.258. The van der Waals surface area contributed by atoms with E-state index in [1.54, 1.807) is 20.1 Å². The predicted octanol–water partition coefficient (Wildman–Crippen LogP) is 3.00. The van der Waals surface area contributed by atoms with Crippen LogP contribution in [0.5, 0.6) is 5.75 Å². The fourth-order valence-corrected chi connectivity index (χ4v) is 2.03. The SMILES string of the molecule is COc1ccccc1CC(=O)NCc1ccc(C)c(F)c1. The van der Waals surface area contributed by atoms with Gasteiger partial charge in [0.1, 0.15) is 11.6 Å². The Morgan fingerprint density at radius 3 is 2.71 bits per heavy atom. The molecule has 0 saturated heterocycles. The number of hydrogen-bond donors (Lipinski definition) is 1. The summed E-state index contributed by atoms with van der Waals surface area (Å²) in [5.41, 5.74) is 2.16. The number of amides is 1. The zero-order valence-electron chi connectivity index (χ0n) is 12.2. The maximum atomic E-state index is 13.4. The van der Waals surface area contributed by atoms with E-state index in [1.807, 2.05) is 30.3 Å². The molecule has 0 bridgehead atoms. The van der Waals surface area contributed by atoms with E-state index in [9.17, 15) is 9.18 Å². The molecule has 0 radical (unpaired) electrons. The van der Waals surface area contributed by atoms with Crippen LogP contribution in [0.3, 0.4) is 0 Å². The first-order valence-corrected chi connectivity index (χ1v) is 6.74. The van der Waals surface area contributed by atoms with Crippen LogP contribution in [-0.2, 0) is 17.8 Å². The lowest BCUT2D eigenvalue weighted by molar-refractivity contribution is -0.120. The largest absolute Gasteiger partial charge is 0.496 e. The molecular weight excluding hydrogens is 269 g/mol. The quantitative estimate of drug-likeness (QED) is 0.918. The van der Waals surface area contributed by atoms with Gasteiger partial charge < -0.3 is 10.1 Å². The van der Waals surface area contributed by atoms with Crippen LogP contribution in [0.1, 0.15) is 16.7 Å². The van der Waals surface area contributed by atoms with Crippen molar-refractivity contribution in [1.29, 1.82) is 0 Å². The third-order valence-corrected chi connectivity index (χ3v) is 3.27. The monoisotopic (exact) mass is 287 g/mol. The minimum absolute atomic E-state index is 0.125. The highest BCUT2D eigenvalue weighted by Crippen LogP contribution is 2.17. The maximum Gasteiger partial charge on any atom is 0.224 e. The molecule has 1 N–H and O–H groups in total. The first-order chi connectivity index (χ1) is 10.1. The molecule has 0 aliphatic rings. The molecule has 0 aromatic heterocycles. The van der Waals surface area contributed by atoms with Crippen molar-refractivity contribution in [2.75, 3.05) is 7.11 Å². The van der Waals surface area contributed by atoms with Gasteiger partial charge in [0.2, 0.25) is 5.91 Å². The molecular formula is C17H18FNO2. The van der Waals surface area contributed by atoms with Gasteiger partial charge in [-0.15, -0.1) is 0 Å². The molecule has 0 unspecified atom stereocenters. The summed E-state index contributed by atoms with van der Waals surface area (Å²) >= 11 is 0. The molecule has 3 nitrogen and oxygen atoms in total. The van der Waals surface area contributed by atoms with Gasteiger partial charge in [-0.25, -0.2) is 4.39 Å². The number of carbonyl (C=O) groups excluding carboxylic acids is 1. The summed E-state index contributed by atoms with van der Waals surface area (Å²) in [5.74, 6) is 0.306. The zero-order valence-corrected chi connectivity index (χ0v) is 12.2. The Labute approximate surface area is 123 Å². The summed E-state index contributed by atoms with van der Waals surface area (Å²) in [7, 11) is 1.58. The standard InChI is InChI=1S/C17H18FNO2/c1-12-7-8-13(9-15(12)18)11-19-17(20)10-14-5-3-4-6-16(14)21-2/h3-9H,10-11H2,1-2H3,(H,19,20). The molecule has 110 valence electrons. The highest BCUT2D eigenvalue weighted by Gasteiger charge is 2.08. The van der Waals surface area contributed by atoms with Crippen molar-refractivity contribution in [3.8, 4) is 5.75 Å². The van der Waals surface area contributed by atoms with E-state index in [2.05, 4.69) is 5.32 Å². The second kappa shape index (κ2) is 6.88. The van der Waals surface area contributed by atoms with Crippen LogP contribution in [0.4, 0.5) is 4.39 Å². The van der Waals surface area contributed by atoms with Crippen LogP contribution in [0.25, 0.3) is 0 Å². The molecule has 2 aromatic carbocycles. The number of rotatable bonds is 5. The number of hydrogen-bond acceptors (Lipinski definition) is 2. The molecule has 2 rings (SSSR count). The van der Waals surface area contributed by atoms with Crippen molar-refractivity contribution < 1.29 is 13.9 Å². The highest BCUT2D eigenvalue weighted by molar-refractivity contribution is 5.79. The van der Waals surface area contributed by atoms with Gasteiger partial charge in [0.15, 0.2) is 0 Å². The highest BCUT2D eigenvalue weighted by atomic mass is 19.1. The Bertz CT molecular complexity index is 640. The lowest BCUT2D eigenvalue weighted by atomic mass is 10.1. The molecule has 0 atom stereocenters. The average molecular weight is 287 g/mol. The third kappa shape index (κ3) is 4.05. The Balaban J connectivity index is 1.94. The van der Waals surface area contributed by atoms with Crippen molar-refractivity contribution >= 4 is 5.91 Å². The molecule has 0 aliphatic heterocycles. The van der Waals surface area contributed by atoms with Crippen LogP contribution in [0.15, 0.2) is 42.5 Å². The van der Waals surface area contributed by atoms with Gasteiger partial charge in [-0.2, -0.15) is 0 Å². The molecule has 4 heteroatoms. The molecule has 0 saturated carbocycles. The van der Waals surface area contributed by atoms with E-state index < -0.39 is 0 Å². The average Bonchev–Trinajstić information content (AvgIpc) is 2.49. The first kappa shape index (κ1) is 15.0. The number of aryl methyl sites for hydroxylation is 1. The molecule has 1 amide bonds. The molecule has 21 heavy (non-hydrogen) atoms. The Hall–Kier alpha value is -2.36. The zero-order chi connectivity index (χ0) is 15.2. The Kier molecular flexibility index (Phi) is 4.93. The number of carbonyl (C=O) groups is 1. The second-order valence-corrected chi connectivity index (χ2v) is 4.85. The number of methoxy groups -OCH3 is 1. The summed E-state index contributed by atoms with van der Waals surface area (Å²) < 4.78 is 18.6. The number of nitrogens with one attached hydrogen (secondary N) is 1. The number of para-hydroxylation sites is 1. The van der Waals surface area contributed by atoms with Gasteiger partial charge in [-0.3, -0.25) is 4.79 Å². The van der Waals surface area contributed by atoms with Crippen LogP contribution in [0, 0.1) is 12.7 Å². The lowest BCUT2D eigenvalue weighted by Crippen LogP contribution is -2.24. The summed E-state index contributed by atoms with van der Waals surface area (Å²) in [6, 6.07) is 12.3. The predicted molar refractivity (Wildman–Crippen MR) is 79.7 cm³/mol. The van der Waals surface area contributed by atoms with E-state index in [0.717, 1.165) is 11.1 Å². The minimum Gasteiger partial charge on any atom is -0.496 e. The molecule has 0 fully saturated rings. The normalized spacial score (nSPS) is 10.2. The van der Waals surface area contributed by atoms with Crippen molar-refractivity contribution in [2.45, 2.75) is 19.9 Å². The van der Waals surface area contributed by atoms with Gasteiger partial charge in [-0.1, -0.05) is 30.3 Å². The number of benzene rings is 2. The first-order valence-electron chi connectivity index (χ1n) is 6.74. The molecule has 2 aromatic rings. The Morgan fingerprint density at radius 1 is 1.24 bits per heavy atom. The smallest absolute Gasteiger partial charge is 0.224 e. The van der Waals surface area contributed by atoms with Crippen molar-refractivity contribution in [3.63, 3.8) is 0 Å². The topological polar surface area (TPSA) is 38.3 Å². The van der Waals surface area contributed by atoms with Crippen molar-refractivity contribution in [1.82, 2.24) is 5.32 Å². The summed E-state index contributed by atoms with van der Waals surface area (Å²) in [6.07, 6.45) is 0.234. The fraction of sp³-hybridized carbons (Fsp3) is 0.235. The van der Waals surface area contributed by atoms with Crippen LogP contribution < -0.4 is 10.1 Å². The fourth-order valence-electron chi connectivity index (χ4n) is 2.03. The van der Waals surface area contributed by atoms with E-state index >= 15 is 0 Å². The maximum absolute atomic E-state index is 13.4. The van der Waals surface area contributed by atoms with Gasteiger partial charge in [0.05, 0.1) is 13.5 Å². The molecule has 0 heterocycles. The number of halogens is 1. The van der Waals surface area contributed by atoms with E-state index in [4.69, 9.17) is 4.74 Å². The third-order valence-electron chi connectivity index (χ3n) is 3.27. The Morgan fingerprint density at radius 2 is 2.00 bits per heavy atom. The van der Waals surface area contributed by atoms with E-state index in [-0.39, 0.29) is 18.1 Å². The second-order valence-electron chi connectivity index (χ2n) is 4.85. The van der Waals surface area contributed by atoms with Gasteiger partial charge in [0.25, 0.3) is 0 Å².